The third-order valence-electron chi connectivity index (χ3n) is 6.22. The molecular weight excluding hydrogens is 543 g/mol. The van der Waals surface area contributed by atoms with Crippen LogP contribution in [0.1, 0.15) is 49.2 Å². The summed E-state index contributed by atoms with van der Waals surface area (Å²) in [5.74, 6) is -1.43. The van der Waals surface area contributed by atoms with E-state index in [1.54, 1.807) is 32.9 Å². The SMILES string of the molecule is CC(Cc1cc2c(c(C(N)=O)c1)N(CCO)CC2)NCC(Oc1ccccc1OCC(F)(F)F)C(=O)OC(C)(C)C. The number of hydrogen-bond acceptors (Lipinski definition) is 8. The summed E-state index contributed by atoms with van der Waals surface area (Å²) in [4.78, 5) is 27.2. The molecule has 0 bridgehead atoms. The van der Waals surface area contributed by atoms with Crippen LogP contribution < -0.4 is 25.4 Å². The highest BCUT2D eigenvalue weighted by Gasteiger charge is 2.31. The minimum atomic E-state index is -4.54. The molecule has 1 aliphatic heterocycles. The Balaban J connectivity index is 1.75. The molecule has 226 valence electrons. The molecule has 2 aromatic rings. The number of ether oxygens (including phenoxy) is 3. The smallest absolute Gasteiger partial charge is 0.422 e. The number of nitrogens with one attached hydrogen (secondary N) is 1. The van der Waals surface area contributed by atoms with Crippen LogP contribution in [0.25, 0.3) is 0 Å². The van der Waals surface area contributed by atoms with Gasteiger partial charge in [-0.15, -0.1) is 0 Å². The van der Waals surface area contributed by atoms with Crippen molar-refractivity contribution in [2.45, 2.75) is 64.5 Å². The van der Waals surface area contributed by atoms with Crippen molar-refractivity contribution in [3.8, 4) is 11.5 Å². The van der Waals surface area contributed by atoms with Crippen LogP contribution in [-0.2, 0) is 22.4 Å². The van der Waals surface area contributed by atoms with Gasteiger partial charge in [0.15, 0.2) is 18.1 Å². The molecule has 0 aromatic heterocycles. The highest BCUT2D eigenvalue weighted by atomic mass is 19.4. The normalized spacial score (nSPS) is 14.8. The van der Waals surface area contributed by atoms with Crippen LogP contribution in [0.3, 0.4) is 0 Å². The first-order valence-corrected chi connectivity index (χ1v) is 13.4. The summed E-state index contributed by atoms with van der Waals surface area (Å²) in [6.45, 7) is 6.51. The average Bonchev–Trinajstić information content (AvgIpc) is 3.26. The molecule has 1 aliphatic rings. The molecule has 3 rings (SSSR count). The number of hydrogen-bond donors (Lipinski definition) is 3. The lowest BCUT2D eigenvalue weighted by Crippen LogP contribution is -2.44. The lowest BCUT2D eigenvalue weighted by molar-refractivity contribution is -0.164. The van der Waals surface area contributed by atoms with E-state index in [2.05, 4.69) is 5.32 Å². The number of esters is 1. The zero-order valence-electron chi connectivity index (χ0n) is 23.7. The van der Waals surface area contributed by atoms with E-state index < -0.39 is 36.4 Å². The van der Waals surface area contributed by atoms with Gasteiger partial charge in [0.05, 0.1) is 17.9 Å². The molecule has 0 fully saturated rings. The van der Waals surface area contributed by atoms with E-state index in [0.29, 0.717) is 25.1 Å². The number of nitrogens with two attached hydrogens (primary N) is 1. The van der Waals surface area contributed by atoms with Gasteiger partial charge in [-0.25, -0.2) is 4.79 Å². The largest absolute Gasteiger partial charge is 0.480 e. The number of primary amides is 1. The number of aliphatic hydroxyl groups excluding tert-OH is 1. The Hall–Kier alpha value is -3.51. The molecule has 0 saturated heterocycles. The number of alkyl halides is 3. The number of benzene rings is 2. The molecule has 0 saturated carbocycles. The highest BCUT2D eigenvalue weighted by Crippen LogP contribution is 2.33. The van der Waals surface area contributed by atoms with Crippen LogP contribution in [-0.4, -0.2) is 73.8 Å². The van der Waals surface area contributed by atoms with Gasteiger partial charge in [0.2, 0.25) is 6.10 Å². The number of halogens is 3. The van der Waals surface area contributed by atoms with Gasteiger partial charge >= 0.3 is 12.1 Å². The van der Waals surface area contributed by atoms with Crippen molar-refractivity contribution in [2.24, 2.45) is 5.73 Å². The topological polar surface area (TPSA) is 123 Å². The van der Waals surface area contributed by atoms with Crippen molar-refractivity contribution in [3.63, 3.8) is 0 Å². The van der Waals surface area contributed by atoms with Crippen LogP contribution in [0.4, 0.5) is 18.9 Å². The molecule has 41 heavy (non-hydrogen) atoms. The van der Waals surface area contributed by atoms with Crippen molar-refractivity contribution in [1.29, 1.82) is 0 Å². The number of amides is 1. The Kier molecular flexibility index (Phi) is 10.5. The van der Waals surface area contributed by atoms with Gasteiger partial charge in [-0.1, -0.05) is 18.2 Å². The second-order valence-corrected chi connectivity index (χ2v) is 11.0. The van der Waals surface area contributed by atoms with E-state index in [9.17, 15) is 27.9 Å². The molecule has 9 nitrogen and oxygen atoms in total. The molecular formula is C29H38F3N3O6. The Morgan fingerprint density at radius 2 is 1.83 bits per heavy atom. The van der Waals surface area contributed by atoms with Gasteiger partial charge in [-0.2, -0.15) is 13.2 Å². The number of aliphatic hydroxyl groups is 1. The molecule has 2 aromatic carbocycles. The van der Waals surface area contributed by atoms with Gasteiger partial charge in [-0.05, 0) is 69.9 Å². The average molecular weight is 582 g/mol. The Bertz CT molecular complexity index is 1220. The molecule has 2 atom stereocenters. The van der Waals surface area contributed by atoms with Crippen molar-refractivity contribution in [3.05, 3.63) is 53.1 Å². The molecule has 12 heteroatoms. The monoisotopic (exact) mass is 581 g/mol. The van der Waals surface area contributed by atoms with E-state index in [4.69, 9.17) is 19.9 Å². The van der Waals surface area contributed by atoms with Crippen LogP contribution in [0, 0.1) is 0 Å². The Morgan fingerprint density at radius 1 is 1.15 bits per heavy atom. The maximum Gasteiger partial charge on any atom is 0.422 e. The summed E-state index contributed by atoms with van der Waals surface area (Å²) < 4.78 is 54.5. The number of carbonyl (C=O) groups is 2. The molecule has 0 spiro atoms. The van der Waals surface area contributed by atoms with Crippen molar-refractivity contribution < 1.29 is 42.1 Å². The molecule has 2 unspecified atom stereocenters. The number of carbonyl (C=O) groups excluding carboxylic acids is 2. The molecule has 0 radical (unpaired) electrons. The Morgan fingerprint density at radius 3 is 2.44 bits per heavy atom. The minimum Gasteiger partial charge on any atom is -0.480 e. The lowest BCUT2D eigenvalue weighted by atomic mass is 9.98. The van der Waals surface area contributed by atoms with Crippen LogP contribution in [0.2, 0.25) is 0 Å². The number of para-hydroxylation sites is 2. The first kappa shape index (κ1) is 32.0. The predicted octanol–water partition coefficient (Wildman–Crippen LogP) is 3.39. The maximum atomic E-state index is 13.0. The second-order valence-electron chi connectivity index (χ2n) is 11.0. The van der Waals surface area contributed by atoms with Crippen LogP contribution in [0.15, 0.2) is 36.4 Å². The van der Waals surface area contributed by atoms with Crippen molar-refractivity contribution >= 4 is 17.6 Å². The minimum absolute atomic E-state index is 0.0123. The number of fused-ring (bicyclic) bond motifs is 1. The fourth-order valence-electron chi connectivity index (χ4n) is 4.60. The van der Waals surface area contributed by atoms with Crippen LogP contribution in [0.5, 0.6) is 11.5 Å². The Labute approximate surface area is 237 Å². The van der Waals surface area contributed by atoms with E-state index in [1.807, 2.05) is 17.9 Å². The third kappa shape index (κ3) is 9.53. The van der Waals surface area contributed by atoms with Crippen molar-refractivity contribution in [1.82, 2.24) is 5.32 Å². The van der Waals surface area contributed by atoms with Gasteiger partial charge in [0, 0.05) is 25.7 Å². The van der Waals surface area contributed by atoms with E-state index in [1.165, 1.54) is 18.2 Å². The summed E-state index contributed by atoms with van der Waals surface area (Å²) in [6, 6.07) is 9.36. The number of nitrogens with zero attached hydrogens (tertiary/aromatic N) is 1. The van der Waals surface area contributed by atoms with Gasteiger partial charge < -0.3 is 35.3 Å². The number of anilines is 1. The zero-order valence-corrected chi connectivity index (χ0v) is 23.7. The van der Waals surface area contributed by atoms with Gasteiger partial charge in [-0.3, -0.25) is 4.79 Å². The fraction of sp³-hybridized carbons (Fsp3) is 0.517. The van der Waals surface area contributed by atoms with Gasteiger partial charge in [0.25, 0.3) is 5.91 Å². The standard InChI is InChI=1S/C29H38F3N3O6/c1-18(13-19-14-20-9-10-35(11-12-36)25(20)21(15-19)26(33)37)34-16-24(27(38)41-28(2,3)4)40-23-8-6-5-7-22(23)39-17-29(30,31)32/h5-8,14-15,18,24,34,36H,9-13,16-17H2,1-4H3,(H2,33,37). The molecule has 1 heterocycles. The summed E-state index contributed by atoms with van der Waals surface area (Å²) >= 11 is 0. The first-order valence-electron chi connectivity index (χ1n) is 13.4. The molecule has 4 N–H and O–H groups in total. The molecule has 1 amide bonds. The van der Waals surface area contributed by atoms with E-state index in [-0.39, 0.29) is 30.7 Å². The van der Waals surface area contributed by atoms with Crippen LogP contribution >= 0.6 is 0 Å². The number of β-amino-alcohol motifs (C(OH)–C–C–N with tert-alkyl or cyclic N) is 1. The second kappa shape index (κ2) is 13.4. The number of rotatable bonds is 13. The summed E-state index contributed by atoms with van der Waals surface area (Å²) in [5, 5.41) is 12.6. The summed E-state index contributed by atoms with van der Waals surface area (Å²) in [7, 11) is 0. The molecule has 0 aliphatic carbocycles. The third-order valence-corrected chi connectivity index (χ3v) is 6.22. The van der Waals surface area contributed by atoms with Gasteiger partial charge in [0.1, 0.15) is 5.60 Å². The summed E-state index contributed by atoms with van der Waals surface area (Å²) in [6.07, 6.45) is -4.53. The zero-order chi connectivity index (χ0) is 30.4. The predicted molar refractivity (Wildman–Crippen MR) is 147 cm³/mol. The quantitative estimate of drug-likeness (QED) is 0.308. The first-order chi connectivity index (χ1) is 19.2. The lowest BCUT2D eigenvalue weighted by Gasteiger charge is -2.26. The summed E-state index contributed by atoms with van der Waals surface area (Å²) in [5.41, 5.74) is 7.83. The highest BCUT2D eigenvalue weighted by molar-refractivity contribution is 6.00. The van der Waals surface area contributed by atoms with E-state index >= 15 is 0 Å². The van der Waals surface area contributed by atoms with E-state index in [0.717, 1.165) is 23.2 Å². The van der Waals surface area contributed by atoms with Crippen molar-refractivity contribution in [2.75, 3.05) is 37.7 Å². The fourth-order valence-corrected chi connectivity index (χ4v) is 4.60. The maximum absolute atomic E-state index is 13.0.